The Hall–Kier alpha value is -0.560. The van der Waals surface area contributed by atoms with E-state index in [1.165, 1.54) is 0 Å². The van der Waals surface area contributed by atoms with E-state index in [0.29, 0.717) is 0 Å². The molecule has 0 bridgehead atoms. The maximum Gasteiger partial charge on any atom is 0.0500 e. The van der Waals surface area contributed by atoms with Crippen LogP contribution in [0.25, 0.3) is 0 Å². The molecular formula is C9H16O. The van der Waals surface area contributed by atoms with E-state index < -0.39 is 0 Å². The summed E-state index contributed by atoms with van der Waals surface area (Å²) >= 11 is 0. The summed E-state index contributed by atoms with van der Waals surface area (Å²) in [5.41, 5.74) is 0. The van der Waals surface area contributed by atoms with Crippen LogP contribution in [-0.4, -0.2) is 13.2 Å². The van der Waals surface area contributed by atoms with Crippen molar-refractivity contribution in [2.45, 2.75) is 19.8 Å². The van der Waals surface area contributed by atoms with Gasteiger partial charge >= 0.3 is 0 Å². The lowest BCUT2D eigenvalue weighted by Crippen LogP contribution is -1.93. The summed E-state index contributed by atoms with van der Waals surface area (Å²) in [5.74, 6) is 0. The molecule has 0 N–H and O–H groups in total. The van der Waals surface area contributed by atoms with Crippen LogP contribution >= 0.6 is 0 Å². The van der Waals surface area contributed by atoms with Crippen molar-refractivity contribution < 1.29 is 4.74 Å². The summed E-state index contributed by atoms with van der Waals surface area (Å²) < 4.78 is 5.24. The molecule has 0 amide bonds. The largest absolute Gasteiger partial charge is 0.381 e. The minimum atomic E-state index is 0.832. The van der Waals surface area contributed by atoms with Crippen molar-refractivity contribution in [1.82, 2.24) is 0 Å². The first-order valence-corrected chi connectivity index (χ1v) is 3.77. The Kier molecular flexibility index (Phi) is 7.97. The molecule has 1 heteroatoms. The highest BCUT2D eigenvalue weighted by Crippen LogP contribution is 1.86. The number of hydrogen-bond donors (Lipinski definition) is 0. The number of rotatable bonds is 6. The minimum absolute atomic E-state index is 0.832. The van der Waals surface area contributed by atoms with Crippen LogP contribution in [0.5, 0.6) is 0 Å². The Morgan fingerprint density at radius 3 is 2.80 bits per heavy atom. The van der Waals surface area contributed by atoms with Gasteiger partial charge in [-0.25, -0.2) is 0 Å². The SMILES string of the molecule is C=CC=CCCOCCC. The lowest BCUT2D eigenvalue weighted by atomic mass is 10.4. The van der Waals surface area contributed by atoms with Gasteiger partial charge in [-0.05, 0) is 12.8 Å². The molecule has 0 heterocycles. The van der Waals surface area contributed by atoms with Gasteiger partial charge in [0.1, 0.15) is 0 Å². The van der Waals surface area contributed by atoms with Gasteiger partial charge in [0.25, 0.3) is 0 Å². The Balaban J connectivity index is 2.90. The molecular weight excluding hydrogens is 124 g/mol. The number of allylic oxidation sites excluding steroid dienone is 2. The molecule has 1 nitrogen and oxygen atoms in total. The fourth-order valence-electron chi connectivity index (χ4n) is 0.590. The van der Waals surface area contributed by atoms with Crippen LogP contribution in [-0.2, 0) is 4.74 Å². The molecule has 0 saturated heterocycles. The highest BCUT2D eigenvalue weighted by Gasteiger charge is 1.80. The van der Waals surface area contributed by atoms with Crippen LogP contribution in [0.1, 0.15) is 19.8 Å². The number of ether oxygens (including phenoxy) is 1. The molecule has 0 aromatic heterocycles. The van der Waals surface area contributed by atoms with Crippen molar-refractivity contribution >= 4 is 0 Å². The molecule has 58 valence electrons. The molecule has 0 radical (unpaired) electrons. The molecule has 0 aliphatic rings. The highest BCUT2D eigenvalue weighted by molar-refractivity contribution is 4.96. The second-order valence-electron chi connectivity index (χ2n) is 2.06. The fraction of sp³-hybridized carbons (Fsp3) is 0.556. The number of hydrogen-bond acceptors (Lipinski definition) is 1. The summed E-state index contributed by atoms with van der Waals surface area (Å²) in [4.78, 5) is 0. The topological polar surface area (TPSA) is 9.23 Å². The normalized spacial score (nSPS) is 10.5. The Morgan fingerprint density at radius 2 is 2.20 bits per heavy atom. The molecule has 0 aromatic rings. The molecule has 0 rings (SSSR count). The van der Waals surface area contributed by atoms with E-state index in [-0.39, 0.29) is 0 Å². The van der Waals surface area contributed by atoms with Crippen LogP contribution in [0.3, 0.4) is 0 Å². The smallest absolute Gasteiger partial charge is 0.0500 e. The standard InChI is InChI=1S/C9H16O/c1-3-5-6-7-9-10-8-4-2/h3,5-6H,1,4,7-9H2,2H3. The summed E-state index contributed by atoms with van der Waals surface area (Å²) in [5, 5.41) is 0. The van der Waals surface area contributed by atoms with Crippen LogP contribution < -0.4 is 0 Å². The quantitative estimate of drug-likeness (QED) is 0.407. The highest BCUT2D eigenvalue weighted by atomic mass is 16.5. The monoisotopic (exact) mass is 140 g/mol. The lowest BCUT2D eigenvalue weighted by Gasteiger charge is -1.96. The first-order valence-electron chi connectivity index (χ1n) is 3.77. The van der Waals surface area contributed by atoms with Gasteiger partial charge in [-0.15, -0.1) is 0 Å². The zero-order chi connectivity index (χ0) is 7.66. The Labute approximate surface area is 63.4 Å². The molecule has 0 fully saturated rings. The summed E-state index contributed by atoms with van der Waals surface area (Å²) in [6.45, 7) is 7.39. The maximum atomic E-state index is 5.24. The van der Waals surface area contributed by atoms with Crippen molar-refractivity contribution in [1.29, 1.82) is 0 Å². The van der Waals surface area contributed by atoms with Gasteiger partial charge < -0.3 is 4.74 Å². The molecule has 0 aliphatic heterocycles. The summed E-state index contributed by atoms with van der Waals surface area (Å²) in [6, 6.07) is 0. The first kappa shape index (κ1) is 9.44. The first-order chi connectivity index (χ1) is 4.91. The summed E-state index contributed by atoms with van der Waals surface area (Å²) in [7, 11) is 0. The van der Waals surface area contributed by atoms with Crippen molar-refractivity contribution in [2.75, 3.05) is 13.2 Å². The van der Waals surface area contributed by atoms with Crippen LogP contribution in [0.15, 0.2) is 24.8 Å². The fourth-order valence-corrected chi connectivity index (χ4v) is 0.590. The van der Waals surface area contributed by atoms with Gasteiger partial charge in [-0.3, -0.25) is 0 Å². The van der Waals surface area contributed by atoms with E-state index in [1.54, 1.807) is 6.08 Å². The predicted octanol–water partition coefficient (Wildman–Crippen LogP) is 2.55. The van der Waals surface area contributed by atoms with Gasteiger partial charge in [-0.1, -0.05) is 31.7 Å². The lowest BCUT2D eigenvalue weighted by molar-refractivity contribution is 0.139. The van der Waals surface area contributed by atoms with E-state index in [4.69, 9.17) is 4.74 Å². The predicted molar refractivity (Wildman–Crippen MR) is 45.1 cm³/mol. The second kappa shape index (κ2) is 8.44. The zero-order valence-electron chi connectivity index (χ0n) is 6.68. The Morgan fingerprint density at radius 1 is 1.40 bits per heavy atom. The van der Waals surface area contributed by atoms with Crippen molar-refractivity contribution in [3.63, 3.8) is 0 Å². The Bertz CT molecular complexity index is 94.9. The molecule has 0 atom stereocenters. The molecule has 0 spiro atoms. The van der Waals surface area contributed by atoms with E-state index in [1.807, 2.05) is 6.08 Å². The van der Waals surface area contributed by atoms with Crippen molar-refractivity contribution in [3.05, 3.63) is 24.8 Å². The zero-order valence-corrected chi connectivity index (χ0v) is 6.68. The second-order valence-corrected chi connectivity index (χ2v) is 2.06. The van der Waals surface area contributed by atoms with Crippen molar-refractivity contribution in [3.8, 4) is 0 Å². The molecule has 0 aromatic carbocycles. The molecule has 0 saturated carbocycles. The average molecular weight is 140 g/mol. The molecule has 0 unspecified atom stereocenters. The van der Waals surface area contributed by atoms with Gasteiger partial charge in [0.15, 0.2) is 0 Å². The van der Waals surface area contributed by atoms with E-state index in [9.17, 15) is 0 Å². The van der Waals surface area contributed by atoms with Crippen LogP contribution in [0, 0.1) is 0 Å². The maximum absolute atomic E-state index is 5.24. The third-order valence-corrected chi connectivity index (χ3v) is 1.05. The van der Waals surface area contributed by atoms with Crippen molar-refractivity contribution in [2.24, 2.45) is 0 Å². The van der Waals surface area contributed by atoms with Gasteiger partial charge in [0.2, 0.25) is 0 Å². The summed E-state index contributed by atoms with van der Waals surface area (Å²) in [6.07, 6.45) is 7.87. The average Bonchev–Trinajstić information content (AvgIpc) is 1.97. The van der Waals surface area contributed by atoms with E-state index >= 15 is 0 Å². The minimum Gasteiger partial charge on any atom is -0.381 e. The molecule has 0 aliphatic carbocycles. The van der Waals surface area contributed by atoms with Gasteiger partial charge in [-0.2, -0.15) is 0 Å². The van der Waals surface area contributed by atoms with Gasteiger partial charge in [0, 0.05) is 6.61 Å². The third kappa shape index (κ3) is 7.44. The third-order valence-electron chi connectivity index (χ3n) is 1.05. The van der Waals surface area contributed by atoms with Crippen LogP contribution in [0.4, 0.5) is 0 Å². The van der Waals surface area contributed by atoms with Crippen LogP contribution in [0.2, 0.25) is 0 Å². The van der Waals surface area contributed by atoms with E-state index in [0.717, 1.165) is 26.1 Å². The van der Waals surface area contributed by atoms with Gasteiger partial charge in [0.05, 0.1) is 6.61 Å². The molecule has 10 heavy (non-hydrogen) atoms. The van der Waals surface area contributed by atoms with E-state index in [2.05, 4.69) is 19.6 Å².